The molecule has 2 heterocycles. The van der Waals surface area contributed by atoms with E-state index in [0.717, 1.165) is 57.6 Å². The summed E-state index contributed by atoms with van der Waals surface area (Å²) in [5, 5.41) is 9.22. The number of hydrogen-bond acceptors (Lipinski definition) is 3. The fourth-order valence-corrected chi connectivity index (χ4v) is 4.96. The number of piperidine rings is 1. The van der Waals surface area contributed by atoms with E-state index in [-0.39, 0.29) is 5.92 Å². The molecule has 0 bridgehead atoms. The van der Waals surface area contributed by atoms with Gasteiger partial charge >= 0.3 is 5.97 Å². The first-order chi connectivity index (χ1) is 13.2. The van der Waals surface area contributed by atoms with Crippen molar-refractivity contribution >= 4 is 5.97 Å². The van der Waals surface area contributed by atoms with Gasteiger partial charge in [-0.25, -0.2) is 0 Å². The second kappa shape index (κ2) is 6.68. The third kappa shape index (κ3) is 3.02. The summed E-state index contributed by atoms with van der Waals surface area (Å²) < 4.78 is 5.73. The minimum absolute atomic E-state index is 0.161. The molecule has 0 spiro atoms. The standard InChI is InChI=1S/C23H25NO3/c25-23(26)16-7-10-24(11-8-16)21-6-4-19-13-17(3-5-20(19)21)18-2-1-15-9-12-27-22(15)14-18/h1-3,5,13-14,16,21H,4,6-12H2,(H,25,26)/t21-/m0/s1. The summed E-state index contributed by atoms with van der Waals surface area (Å²) in [4.78, 5) is 13.7. The Morgan fingerprint density at radius 2 is 1.74 bits per heavy atom. The van der Waals surface area contributed by atoms with Crippen LogP contribution in [0.3, 0.4) is 0 Å². The van der Waals surface area contributed by atoms with Gasteiger partial charge in [-0.3, -0.25) is 9.69 Å². The van der Waals surface area contributed by atoms with Gasteiger partial charge in [0.2, 0.25) is 0 Å². The number of nitrogens with zero attached hydrogens (tertiary/aromatic N) is 1. The molecule has 1 saturated heterocycles. The van der Waals surface area contributed by atoms with Gasteiger partial charge in [0.15, 0.2) is 0 Å². The summed E-state index contributed by atoms with van der Waals surface area (Å²) in [7, 11) is 0. The lowest BCUT2D eigenvalue weighted by Gasteiger charge is -2.35. The summed E-state index contributed by atoms with van der Waals surface area (Å²) in [5.74, 6) is 0.239. The Labute approximate surface area is 159 Å². The average Bonchev–Trinajstić information content (AvgIpc) is 3.33. The minimum Gasteiger partial charge on any atom is -0.493 e. The first kappa shape index (κ1) is 16.8. The van der Waals surface area contributed by atoms with E-state index < -0.39 is 5.97 Å². The van der Waals surface area contributed by atoms with Crippen molar-refractivity contribution in [1.82, 2.24) is 4.90 Å². The Balaban J connectivity index is 1.36. The predicted octanol–water partition coefficient (Wildman–Crippen LogP) is 4.07. The van der Waals surface area contributed by atoms with Crippen LogP contribution in [0, 0.1) is 5.92 Å². The van der Waals surface area contributed by atoms with Crippen LogP contribution in [-0.2, 0) is 17.6 Å². The highest BCUT2D eigenvalue weighted by atomic mass is 16.5. The molecule has 27 heavy (non-hydrogen) atoms. The molecule has 0 radical (unpaired) electrons. The third-order valence-corrected chi connectivity index (χ3v) is 6.54. The molecule has 1 atom stereocenters. The van der Waals surface area contributed by atoms with E-state index in [1.54, 1.807) is 0 Å². The number of fused-ring (bicyclic) bond motifs is 2. The third-order valence-electron chi connectivity index (χ3n) is 6.54. The van der Waals surface area contributed by atoms with Gasteiger partial charge in [-0.1, -0.05) is 30.3 Å². The van der Waals surface area contributed by atoms with Crippen molar-refractivity contribution in [3.8, 4) is 16.9 Å². The van der Waals surface area contributed by atoms with Crippen molar-refractivity contribution in [1.29, 1.82) is 0 Å². The first-order valence-electron chi connectivity index (χ1n) is 10.0. The maximum atomic E-state index is 11.2. The van der Waals surface area contributed by atoms with Crippen molar-refractivity contribution in [2.45, 2.75) is 38.1 Å². The van der Waals surface area contributed by atoms with E-state index in [4.69, 9.17) is 4.74 Å². The van der Waals surface area contributed by atoms with E-state index in [9.17, 15) is 9.90 Å². The van der Waals surface area contributed by atoms with Gasteiger partial charge in [-0.05, 0) is 72.7 Å². The van der Waals surface area contributed by atoms with E-state index in [1.165, 1.54) is 27.8 Å². The van der Waals surface area contributed by atoms with Crippen LogP contribution in [-0.4, -0.2) is 35.7 Å². The summed E-state index contributed by atoms with van der Waals surface area (Å²) >= 11 is 0. The van der Waals surface area contributed by atoms with Crippen LogP contribution in [0.5, 0.6) is 5.75 Å². The van der Waals surface area contributed by atoms with Gasteiger partial charge in [0.25, 0.3) is 0 Å². The van der Waals surface area contributed by atoms with Crippen molar-refractivity contribution in [3.63, 3.8) is 0 Å². The van der Waals surface area contributed by atoms with Gasteiger partial charge < -0.3 is 9.84 Å². The van der Waals surface area contributed by atoms with E-state index in [2.05, 4.69) is 41.3 Å². The molecule has 4 nitrogen and oxygen atoms in total. The zero-order valence-electron chi connectivity index (χ0n) is 15.5. The number of carboxylic acid groups (broad SMARTS) is 1. The molecular formula is C23H25NO3. The molecule has 140 valence electrons. The van der Waals surface area contributed by atoms with Crippen LogP contribution in [0.1, 0.15) is 42.0 Å². The summed E-state index contributed by atoms with van der Waals surface area (Å²) in [6.07, 6.45) is 4.81. The Morgan fingerprint density at radius 1 is 0.963 bits per heavy atom. The number of aryl methyl sites for hydroxylation is 1. The smallest absolute Gasteiger partial charge is 0.306 e. The molecule has 5 rings (SSSR count). The Morgan fingerprint density at radius 3 is 2.56 bits per heavy atom. The van der Waals surface area contributed by atoms with Gasteiger partial charge in [-0.2, -0.15) is 0 Å². The number of rotatable bonds is 3. The Bertz CT molecular complexity index is 883. The van der Waals surface area contributed by atoms with E-state index in [1.807, 2.05) is 0 Å². The van der Waals surface area contributed by atoms with Crippen LogP contribution in [0.4, 0.5) is 0 Å². The first-order valence-corrected chi connectivity index (χ1v) is 10.0. The molecule has 0 aromatic heterocycles. The van der Waals surface area contributed by atoms with Crippen molar-refractivity contribution in [3.05, 3.63) is 53.1 Å². The van der Waals surface area contributed by atoms with Crippen LogP contribution in [0.15, 0.2) is 36.4 Å². The number of aliphatic carboxylic acids is 1. The number of benzene rings is 2. The largest absolute Gasteiger partial charge is 0.493 e. The lowest BCUT2D eigenvalue weighted by atomic mass is 9.94. The summed E-state index contributed by atoms with van der Waals surface area (Å²) in [6.45, 7) is 2.58. The molecule has 2 aromatic carbocycles. The monoisotopic (exact) mass is 363 g/mol. The molecule has 4 heteroatoms. The molecule has 0 amide bonds. The number of hydrogen-bond donors (Lipinski definition) is 1. The average molecular weight is 363 g/mol. The number of ether oxygens (including phenoxy) is 1. The molecule has 2 aromatic rings. The lowest BCUT2D eigenvalue weighted by molar-refractivity contribution is -0.143. The maximum Gasteiger partial charge on any atom is 0.306 e. The Kier molecular flexibility index (Phi) is 4.16. The number of likely N-dealkylation sites (tertiary alicyclic amines) is 1. The van der Waals surface area contributed by atoms with Crippen molar-refractivity contribution in [2.75, 3.05) is 19.7 Å². The fraction of sp³-hybridized carbons (Fsp3) is 0.435. The van der Waals surface area contributed by atoms with E-state index >= 15 is 0 Å². The normalized spacial score (nSPS) is 22.3. The molecule has 1 N–H and O–H groups in total. The maximum absolute atomic E-state index is 11.2. The topological polar surface area (TPSA) is 49.8 Å². The quantitative estimate of drug-likeness (QED) is 0.893. The molecular weight excluding hydrogens is 338 g/mol. The highest BCUT2D eigenvalue weighted by Gasteiger charge is 2.32. The van der Waals surface area contributed by atoms with Gasteiger partial charge in [0.1, 0.15) is 5.75 Å². The predicted molar refractivity (Wildman–Crippen MR) is 104 cm³/mol. The lowest BCUT2D eigenvalue weighted by Crippen LogP contribution is -2.38. The van der Waals surface area contributed by atoms with Crippen LogP contribution in [0.2, 0.25) is 0 Å². The number of carbonyl (C=O) groups is 1. The Hall–Kier alpha value is -2.33. The highest BCUT2D eigenvalue weighted by Crippen LogP contribution is 2.40. The zero-order chi connectivity index (χ0) is 18.4. The minimum atomic E-state index is -0.635. The second-order valence-electron chi connectivity index (χ2n) is 8.04. The van der Waals surface area contributed by atoms with Gasteiger partial charge in [0, 0.05) is 12.5 Å². The zero-order valence-corrected chi connectivity index (χ0v) is 15.5. The van der Waals surface area contributed by atoms with Crippen molar-refractivity contribution in [2.24, 2.45) is 5.92 Å². The van der Waals surface area contributed by atoms with Gasteiger partial charge in [0.05, 0.1) is 12.5 Å². The van der Waals surface area contributed by atoms with Crippen LogP contribution in [0.25, 0.3) is 11.1 Å². The van der Waals surface area contributed by atoms with E-state index in [0.29, 0.717) is 6.04 Å². The van der Waals surface area contributed by atoms with Crippen LogP contribution < -0.4 is 4.74 Å². The molecule has 0 saturated carbocycles. The van der Waals surface area contributed by atoms with Gasteiger partial charge in [-0.15, -0.1) is 0 Å². The summed E-state index contributed by atoms with van der Waals surface area (Å²) in [6, 6.07) is 13.9. The number of carboxylic acids is 1. The van der Waals surface area contributed by atoms with Crippen LogP contribution >= 0.6 is 0 Å². The summed E-state index contributed by atoms with van der Waals surface area (Å²) in [5.41, 5.74) is 6.68. The fourth-order valence-electron chi connectivity index (χ4n) is 4.96. The highest BCUT2D eigenvalue weighted by molar-refractivity contribution is 5.70. The molecule has 0 unspecified atom stereocenters. The SMILES string of the molecule is O=C(O)C1CCN([C@H]2CCc3cc(-c4ccc5c(c4)OCC5)ccc32)CC1. The molecule has 3 aliphatic rings. The second-order valence-corrected chi connectivity index (χ2v) is 8.04. The molecule has 1 fully saturated rings. The molecule has 2 aliphatic heterocycles. The van der Waals surface area contributed by atoms with Crippen molar-refractivity contribution < 1.29 is 14.6 Å². The molecule has 1 aliphatic carbocycles.